The van der Waals surface area contributed by atoms with E-state index in [-0.39, 0.29) is 0 Å². The van der Waals surface area contributed by atoms with E-state index in [1.165, 1.54) is 37.0 Å². The average molecular weight is 270 g/mol. The SMILES string of the molecule is Clc1ccc(CSCCNC2CCCC2)cc1. The molecule has 1 aliphatic rings. The van der Waals surface area contributed by atoms with Gasteiger partial charge in [-0.2, -0.15) is 11.8 Å². The highest BCUT2D eigenvalue weighted by molar-refractivity contribution is 7.98. The first-order valence-corrected chi connectivity index (χ1v) is 7.93. The molecule has 0 aromatic heterocycles. The maximum Gasteiger partial charge on any atom is 0.0406 e. The molecule has 0 heterocycles. The highest BCUT2D eigenvalue weighted by Gasteiger charge is 2.12. The lowest BCUT2D eigenvalue weighted by atomic mass is 10.2. The summed E-state index contributed by atoms with van der Waals surface area (Å²) in [6.07, 6.45) is 5.58. The summed E-state index contributed by atoms with van der Waals surface area (Å²) >= 11 is 7.84. The Hall–Kier alpha value is -0.180. The van der Waals surface area contributed by atoms with Crippen LogP contribution in [0.4, 0.5) is 0 Å². The Kier molecular flexibility index (Phi) is 5.69. The van der Waals surface area contributed by atoms with Crippen LogP contribution in [0.2, 0.25) is 5.02 Å². The van der Waals surface area contributed by atoms with E-state index in [0.717, 1.165) is 23.4 Å². The molecule has 1 aliphatic carbocycles. The third kappa shape index (κ3) is 4.90. The molecule has 1 aromatic rings. The molecule has 0 amide bonds. The second-order valence-corrected chi connectivity index (χ2v) is 6.16. The molecule has 0 saturated heterocycles. The van der Waals surface area contributed by atoms with Crippen molar-refractivity contribution < 1.29 is 0 Å². The quantitative estimate of drug-likeness (QED) is 0.780. The van der Waals surface area contributed by atoms with Gasteiger partial charge in [0.05, 0.1) is 0 Å². The lowest BCUT2D eigenvalue weighted by molar-refractivity contribution is 0.545. The van der Waals surface area contributed by atoms with Crippen molar-refractivity contribution >= 4 is 23.4 Å². The summed E-state index contributed by atoms with van der Waals surface area (Å²) in [5, 5.41) is 4.46. The minimum absolute atomic E-state index is 0.797. The average Bonchev–Trinajstić information content (AvgIpc) is 2.84. The number of nitrogens with one attached hydrogen (secondary N) is 1. The Morgan fingerprint density at radius 3 is 2.59 bits per heavy atom. The summed E-state index contributed by atoms with van der Waals surface area (Å²) in [6, 6.07) is 8.95. The van der Waals surface area contributed by atoms with Gasteiger partial charge in [-0.25, -0.2) is 0 Å². The monoisotopic (exact) mass is 269 g/mol. The number of rotatable bonds is 6. The van der Waals surface area contributed by atoms with E-state index in [9.17, 15) is 0 Å². The molecule has 1 nitrogen and oxygen atoms in total. The molecule has 1 saturated carbocycles. The summed E-state index contributed by atoms with van der Waals surface area (Å²) in [5.41, 5.74) is 1.36. The van der Waals surface area contributed by atoms with Crippen LogP contribution in [0.5, 0.6) is 0 Å². The molecular formula is C14H20ClNS. The molecule has 1 aromatic carbocycles. The van der Waals surface area contributed by atoms with Crippen LogP contribution in [0.25, 0.3) is 0 Å². The number of halogens is 1. The zero-order valence-corrected chi connectivity index (χ0v) is 11.7. The Morgan fingerprint density at radius 1 is 1.18 bits per heavy atom. The summed E-state index contributed by atoms with van der Waals surface area (Å²) in [5.74, 6) is 2.28. The van der Waals surface area contributed by atoms with Crippen LogP contribution in [0, 0.1) is 0 Å². The van der Waals surface area contributed by atoms with Gasteiger partial charge < -0.3 is 5.32 Å². The second-order valence-electron chi connectivity index (χ2n) is 4.61. The maximum atomic E-state index is 5.85. The Labute approximate surface area is 113 Å². The van der Waals surface area contributed by atoms with Crippen LogP contribution < -0.4 is 5.32 Å². The topological polar surface area (TPSA) is 12.0 Å². The van der Waals surface area contributed by atoms with E-state index in [4.69, 9.17) is 11.6 Å². The van der Waals surface area contributed by atoms with E-state index < -0.39 is 0 Å². The number of thioether (sulfide) groups is 1. The fourth-order valence-electron chi connectivity index (χ4n) is 2.24. The van der Waals surface area contributed by atoms with E-state index in [2.05, 4.69) is 17.4 Å². The summed E-state index contributed by atoms with van der Waals surface area (Å²) in [7, 11) is 0. The zero-order chi connectivity index (χ0) is 11.9. The predicted octanol–water partition coefficient (Wildman–Crippen LogP) is 4.11. The van der Waals surface area contributed by atoms with Crippen LogP contribution in [0.1, 0.15) is 31.2 Å². The normalized spacial score (nSPS) is 16.5. The molecule has 1 fully saturated rings. The van der Waals surface area contributed by atoms with Gasteiger partial charge in [-0.05, 0) is 30.5 Å². The highest BCUT2D eigenvalue weighted by atomic mass is 35.5. The van der Waals surface area contributed by atoms with Crippen LogP contribution in [0.3, 0.4) is 0 Å². The Bertz CT molecular complexity index is 319. The van der Waals surface area contributed by atoms with E-state index >= 15 is 0 Å². The first kappa shape index (κ1) is 13.3. The minimum Gasteiger partial charge on any atom is -0.313 e. The van der Waals surface area contributed by atoms with Crippen molar-refractivity contribution in [1.82, 2.24) is 5.32 Å². The molecule has 0 bridgehead atoms. The van der Waals surface area contributed by atoms with E-state index in [0.29, 0.717) is 0 Å². The molecular weight excluding hydrogens is 250 g/mol. The Balaban J connectivity index is 1.55. The van der Waals surface area contributed by atoms with Crippen LogP contribution >= 0.6 is 23.4 Å². The van der Waals surface area contributed by atoms with E-state index in [1.807, 2.05) is 23.9 Å². The van der Waals surface area contributed by atoms with Crippen molar-refractivity contribution in [2.75, 3.05) is 12.3 Å². The van der Waals surface area contributed by atoms with Crippen molar-refractivity contribution in [1.29, 1.82) is 0 Å². The molecule has 3 heteroatoms. The second kappa shape index (κ2) is 7.30. The minimum atomic E-state index is 0.797. The lowest BCUT2D eigenvalue weighted by Gasteiger charge is -2.11. The zero-order valence-electron chi connectivity index (χ0n) is 10.1. The molecule has 94 valence electrons. The summed E-state index contributed by atoms with van der Waals surface area (Å²) < 4.78 is 0. The van der Waals surface area contributed by atoms with E-state index in [1.54, 1.807) is 0 Å². The van der Waals surface area contributed by atoms with Gasteiger partial charge in [-0.15, -0.1) is 0 Å². The third-order valence-corrected chi connectivity index (χ3v) is 4.50. The largest absolute Gasteiger partial charge is 0.313 e. The predicted molar refractivity (Wildman–Crippen MR) is 77.9 cm³/mol. The molecule has 0 atom stereocenters. The van der Waals surface area contributed by atoms with Crippen LogP contribution in [-0.2, 0) is 5.75 Å². The van der Waals surface area contributed by atoms with Gasteiger partial charge in [0.25, 0.3) is 0 Å². The van der Waals surface area contributed by atoms with Crippen LogP contribution in [0.15, 0.2) is 24.3 Å². The van der Waals surface area contributed by atoms with Gasteiger partial charge in [0, 0.05) is 29.1 Å². The standard InChI is InChI=1S/C14H20ClNS/c15-13-7-5-12(6-8-13)11-17-10-9-16-14-3-1-2-4-14/h5-8,14,16H,1-4,9-11H2. The fraction of sp³-hybridized carbons (Fsp3) is 0.571. The molecule has 2 rings (SSSR count). The molecule has 0 unspecified atom stereocenters. The van der Waals surface area contributed by atoms with Gasteiger partial charge in [-0.1, -0.05) is 36.6 Å². The summed E-state index contributed by atoms with van der Waals surface area (Å²) in [4.78, 5) is 0. The van der Waals surface area contributed by atoms with Gasteiger partial charge in [-0.3, -0.25) is 0 Å². The van der Waals surface area contributed by atoms with Gasteiger partial charge in [0.1, 0.15) is 0 Å². The number of benzene rings is 1. The number of hydrogen-bond acceptors (Lipinski definition) is 2. The summed E-state index contributed by atoms with van der Waals surface area (Å²) in [6.45, 7) is 1.14. The van der Waals surface area contributed by atoms with Gasteiger partial charge in [0.2, 0.25) is 0 Å². The lowest BCUT2D eigenvalue weighted by Crippen LogP contribution is -2.28. The molecule has 0 aliphatic heterocycles. The van der Waals surface area contributed by atoms with Crippen LogP contribution in [-0.4, -0.2) is 18.3 Å². The van der Waals surface area contributed by atoms with Gasteiger partial charge >= 0.3 is 0 Å². The van der Waals surface area contributed by atoms with Crippen molar-refractivity contribution in [3.05, 3.63) is 34.9 Å². The van der Waals surface area contributed by atoms with Crippen molar-refractivity contribution in [3.8, 4) is 0 Å². The molecule has 17 heavy (non-hydrogen) atoms. The molecule has 1 N–H and O–H groups in total. The fourth-order valence-corrected chi connectivity index (χ4v) is 3.20. The van der Waals surface area contributed by atoms with Gasteiger partial charge in [0.15, 0.2) is 0 Å². The van der Waals surface area contributed by atoms with Crippen molar-refractivity contribution in [2.24, 2.45) is 0 Å². The first-order valence-electron chi connectivity index (χ1n) is 6.40. The first-order chi connectivity index (χ1) is 8.34. The smallest absolute Gasteiger partial charge is 0.0406 e. The third-order valence-electron chi connectivity index (χ3n) is 3.22. The molecule has 0 radical (unpaired) electrons. The number of hydrogen-bond donors (Lipinski definition) is 1. The highest BCUT2D eigenvalue weighted by Crippen LogP contribution is 2.18. The Morgan fingerprint density at radius 2 is 1.88 bits per heavy atom. The van der Waals surface area contributed by atoms with Crippen molar-refractivity contribution in [2.45, 2.75) is 37.5 Å². The maximum absolute atomic E-state index is 5.85. The van der Waals surface area contributed by atoms with Crippen molar-refractivity contribution in [3.63, 3.8) is 0 Å². The molecule has 0 spiro atoms.